The van der Waals surface area contributed by atoms with Crippen molar-refractivity contribution in [2.75, 3.05) is 0 Å². The van der Waals surface area contributed by atoms with Crippen molar-refractivity contribution in [3.8, 4) is 44.5 Å². The number of aromatic nitrogens is 3. The summed E-state index contributed by atoms with van der Waals surface area (Å²) in [6.07, 6.45) is 1.88. The van der Waals surface area contributed by atoms with E-state index in [-0.39, 0.29) is 0 Å². The lowest BCUT2D eigenvalue weighted by Crippen LogP contribution is -1.94. The topological polar surface area (TPSA) is 30.2 Å². The van der Waals surface area contributed by atoms with Crippen molar-refractivity contribution in [1.29, 1.82) is 0 Å². The molecule has 0 saturated heterocycles. The molecule has 7 aromatic carbocycles. The van der Waals surface area contributed by atoms with Gasteiger partial charge in [-0.1, -0.05) is 109 Å². The first-order chi connectivity index (χ1) is 23.3. The van der Waals surface area contributed by atoms with E-state index in [9.17, 15) is 0 Å². The number of imidazole rings is 1. The molecule has 3 heterocycles. The van der Waals surface area contributed by atoms with Crippen LogP contribution < -0.4 is 0 Å². The van der Waals surface area contributed by atoms with Crippen molar-refractivity contribution in [3.05, 3.63) is 152 Å². The Morgan fingerprint density at radius 3 is 2.13 bits per heavy atom. The van der Waals surface area contributed by atoms with Crippen LogP contribution in [0.4, 0.5) is 0 Å². The molecule has 47 heavy (non-hydrogen) atoms. The average molecular weight is 596 g/mol. The third-order valence-electron chi connectivity index (χ3n) is 10.1. The van der Waals surface area contributed by atoms with Crippen LogP contribution in [-0.4, -0.2) is 14.4 Å². The fraction of sp³-hybridized carbons (Fsp3) is 0. The van der Waals surface area contributed by atoms with E-state index < -0.39 is 0 Å². The lowest BCUT2D eigenvalue weighted by Gasteiger charge is -2.14. The number of fused-ring (bicyclic) bond motifs is 13. The van der Waals surface area contributed by atoms with Crippen LogP contribution >= 0.6 is 0 Å². The summed E-state index contributed by atoms with van der Waals surface area (Å²) in [6.45, 7) is 0. The van der Waals surface area contributed by atoms with Crippen LogP contribution in [0.1, 0.15) is 0 Å². The first-order valence-electron chi connectivity index (χ1n) is 16.1. The Morgan fingerprint density at radius 1 is 0.426 bits per heavy atom. The van der Waals surface area contributed by atoms with Gasteiger partial charge in [0.2, 0.25) is 0 Å². The van der Waals surface area contributed by atoms with E-state index in [0.717, 1.165) is 38.5 Å². The molecule has 0 N–H and O–H groups in total. The van der Waals surface area contributed by atoms with Crippen molar-refractivity contribution in [1.82, 2.24) is 14.4 Å². The Bertz CT molecular complexity index is 2940. The zero-order valence-corrected chi connectivity index (χ0v) is 25.3. The van der Waals surface area contributed by atoms with Gasteiger partial charge in [0.25, 0.3) is 0 Å². The quantitative estimate of drug-likeness (QED) is 0.186. The van der Waals surface area contributed by atoms with Gasteiger partial charge in [0.1, 0.15) is 5.65 Å². The first-order valence-corrected chi connectivity index (χ1v) is 16.1. The molecule has 10 aromatic rings. The number of benzene rings is 7. The van der Waals surface area contributed by atoms with Gasteiger partial charge in [-0.2, -0.15) is 0 Å². The molecule has 1 aliphatic rings. The molecule has 1 aliphatic carbocycles. The summed E-state index contributed by atoms with van der Waals surface area (Å²) in [4.78, 5) is 10.0. The normalized spacial score (nSPS) is 12.3. The maximum absolute atomic E-state index is 5.15. The Balaban J connectivity index is 1.15. The molecular formula is C44H25N3. The molecule has 3 aromatic heterocycles. The predicted molar refractivity (Wildman–Crippen MR) is 196 cm³/mol. The van der Waals surface area contributed by atoms with Gasteiger partial charge in [0, 0.05) is 17.0 Å². The average Bonchev–Trinajstić information content (AvgIpc) is 3.69. The molecule has 11 rings (SSSR count). The molecule has 3 heteroatoms. The second-order valence-electron chi connectivity index (χ2n) is 12.6. The van der Waals surface area contributed by atoms with Crippen LogP contribution in [0.5, 0.6) is 0 Å². The van der Waals surface area contributed by atoms with Crippen LogP contribution in [0.2, 0.25) is 0 Å². The van der Waals surface area contributed by atoms with Gasteiger partial charge < -0.3 is 0 Å². The molecule has 0 atom stereocenters. The van der Waals surface area contributed by atoms with Crippen molar-refractivity contribution in [2.45, 2.75) is 0 Å². The highest BCUT2D eigenvalue weighted by atomic mass is 15.0. The molecule has 0 spiro atoms. The molecule has 0 radical (unpaired) electrons. The standard InChI is InChI=1S/C44H25N3/c1-2-12-32-31(11-1)34-14-6-13-33-30(20-21-35(32)41(33)34)29-9-5-8-27(24-29)28-18-22-39-37(25-28)36-19-17-26-10-7-23-45-43(26)42(36)44-46-38-15-3-4-16-40(38)47(39)44/h1-25H. The molecule has 0 bridgehead atoms. The van der Waals surface area contributed by atoms with Crippen LogP contribution in [-0.2, 0) is 0 Å². The SMILES string of the molecule is c1cc(-c2ccc3c(c2)c2ccc4cccnc4c2c2nc4ccccc4n32)cc(-c2ccc3c4c(cccc24)-c2ccccc2-3)c1. The fourth-order valence-electron chi connectivity index (χ4n) is 8.09. The Hall–Kier alpha value is -6.32. The molecule has 0 unspecified atom stereocenters. The van der Waals surface area contributed by atoms with E-state index in [1.165, 1.54) is 66.1 Å². The third-order valence-corrected chi connectivity index (χ3v) is 10.1. The number of rotatable bonds is 2. The summed E-state index contributed by atoms with van der Waals surface area (Å²) >= 11 is 0. The maximum Gasteiger partial charge on any atom is 0.148 e. The van der Waals surface area contributed by atoms with E-state index in [1.54, 1.807) is 0 Å². The van der Waals surface area contributed by atoms with Crippen molar-refractivity contribution in [3.63, 3.8) is 0 Å². The molecule has 3 nitrogen and oxygen atoms in total. The summed E-state index contributed by atoms with van der Waals surface area (Å²) in [5.41, 5.74) is 15.3. The zero-order valence-electron chi connectivity index (χ0n) is 25.3. The number of hydrogen-bond donors (Lipinski definition) is 0. The van der Waals surface area contributed by atoms with Gasteiger partial charge in [-0.25, -0.2) is 4.98 Å². The largest absolute Gasteiger partial charge is 0.292 e. The second-order valence-corrected chi connectivity index (χ2v) is 12.6. The van der Waals surface area contributed by atoms with Gasteiger partial charge in [0.05, 0.1) is 27.5 Å². The molecule has 0 saturated carbocycles. The van der Waals surface area contributed by atoms with E-state index in [2.05, 4.69) is 144 Å². The maximum atomic E-state index is 5.15. The van der Waals surface area contributed by atoms with Crippen molar-refractivity contribution >= 4 is 60.0 Å². The van der Waals surface area contributed by atoms with Gasteiger partial charge in [-0.15, -0.1) is 0 Å². The second kappa shape index (κ2) is 9.12. The number of para-hydroxylation sites is 2. The van der Waals surface area contributed by atoms with E-state index in [0.29, 0.717) is 0 Å². The molecule has 216 valence electrons. The Morgan fingerprint density at radius 2 is 1.19 bits per heavy atom. The Labute approximate surface area is 270 Å². The lowest BCUT2D eigenvalue weighted by molar-refractivity contribution is 1.31. The summed E-state index contributed by atoms with van der Waals surface area (Å²) in [5, 5.41) is 7.21. The minimum Gasteiger partial charge on any atom is -0.292 e. The zero-order chi connectivity index (χ0) is 30.6. The fourth-order valence-corrected chi connectivity index (χ4v) is 8.09. The van der Waals surface area contributed by atoms with Gasteiger partial charge >= 0.3 is 0 Å². The van der Waals surface area contributed by atoms with E-state index in [1.807, 2.05) is 12.3 Å². The van der Waals surface area contributed by atoms with Crippen LogP contribution in [0.3, 0.4) is 0 Å². The summed E-state index contributed by atoms with van der Waals surface area (Å²) in [7, 11) is 0. The number of nitrogens with zero attached hydrogens (tertiary/aromatic N) is 3. The summed E-state index contributed by atoms with van der Waals surface area (Å²) in [6, 6.07) is 52.9. The summed E-state index contributed by atoms with van der Waals surface area (Å²) < 4.78 is 2.31. The van der Waals surface area contributed by atoms with Crippen LogP contribution in [0.15, 0.2) is 152 Å². The minimum absolute atomic E-state index is 0.946. The van der Waals surface area contributed by atoms with E-state index in [4.69, 9.17) is 9.97 Å². The monoisotopic (exact) mass is 595 g/mol. The van der Waals surface area contributed by atoms with Crippen molar-refractivity contribution in [2.24, 2.45) is 0 Å². The van der Waals surface area contributed by atoms with Gasteiger partial charge in [-0.05, 0) is 97.1 Å². The highest BCUT2D eigenvalue weighted by molar-refractivity contribution is 6.23. The molecular weight excluding hydrogens is 571 g/mol. The van der Waals surface area contributed by atoms with Gasteiger partial charge in [-0.3, -0.25) is 9.38 Å². The lowest BCUT2D eigenvalue weighted by atomic mass is 9.92. The molecule has 0 fully saturated rings. The summed E-state index contributed by atoms with van der Waals surface area (Å²) in [5.74, 6) is 0. The minimum atomic E-state index is 0.946. The molecule has 0 aliphatic heterocycles. The smallest absolute Gasteiger partial charge is 0.148 e. The van der Waals surface area contributed by atoms with Gasteiger partial charge in [0.15, 0.2) is 0 Å². The predicted octanol–water partition coefficient (Wildman–Crippen LogP) is 11.5. The number of pyridine rings is 2. The van der Waals surface area contributed by atoms with Crippen molar-refractivity contribution < 1.29 is 0 Å². The third kappa shape index (κ3) is 3.35. The highest BCUT2D eigenvalue weighted by Gasteiger charge is 2.22. The van der Waals surface area contributed by atoms with Crippen LogP contribution in [0.25, 0.3) is 105 Å². The number of hydrogen-bond acceptors (Lipinski definition) is 2. The van der Waals surface area contributed by atoms with E-state index >= 15 is 0 Å². The first kappa shape index (κ1) is 24.9. The highest BCUT2D eigenvalue weighted by Crippen LogP contribution is 2.49. The Kier molecular flexibility index (Phi) is 4.84. The molecule has 0 amide bonds. The van der Waals surface area contributed by atoms with Crippen LogP contribution in [0, 0.1) is 0 Å².